The Balaban J connectivity index is 3.80. The first-order valence-electron chi connectivity index (χ1n) is 3.67. The van der Waals surface area contributed by atoms with Crippen LogP contribution in [0.1, 0.15) is 20.3 Å². The molecule has 0 fully saturated rings. The zero-order valence-corrected chi connectivity index (χ0v) is 8.16. The number of rotatable bonds is 4. The normalized spacial score (nSPS) is 20.1. The Hall–Kier alpha value is 0.0969. The summed E-state index contributed by atoms with van der Waals surface area (Å²) in [5.41, 5.74) is 11.8. The zero-order valence-electron chi connectivity index (χ0n) is 7.00. The highest BCUT2D eigenvalue weighted by molar-refractivity contribution is 6.55. The summed E-state index contributed by atoms with van der Waals surface area (Å²) in [5, 5.41) is 0. The van der Waals surface area contributed by atoms with Crippen LogP contribution in [0.2, 0.25) is 0 Å². The molecule has 0 aliphatic heterocycles. The number of hydrogen-bond acceptors (Lipinski definition) is 3. The van der Waals surface area contributed by atoms with Crippen LogP contribution in [0.3, 0.4) is 0 Å². The van der Waals surface area contributed by atoms with Crippen molar-refractivity contribution in [2.24, 2.45) is 11.5 Å². The van der Waals surface area contributed by atoms with Gasteiger partial charge in [-0.2, -0.15) is 0 Å². The third-order valence-electron chi connectivity index (χ3n) is 1.68. The molecule has 3 unspecified atom stereocenters. The van der Waals surface area contributed by atoms with E-state index in [2.05, 4.69) is 6.92 Å². The second-order valence-electron chi connectivity index (χ2n) is 2.63. The van der Waals surface area contributed by atoms with E-state index in [1.165, 1.54) is 0 Å². The lowest BCUT2D eigenvalue weighted by molar-refractivity contribution is 0.396. The fourth-order valence-electron chi connectivity index (χ4n) is 1.01. The smallest absolute Gasteiger partial charge is 0.208 e. The molecule has 0 aromatic rings. The molecule has 4 heteroatoms. The van der Waals surface area contributed by atoms with Crippen LogP contribution in [0.4, 0.5) is 0 Å². The summed E-state index contributed by atoms with van der Waals surface area (Å²) in [6.45, 7) is 4.03. The van der Waals surface area contributed by atoms with Crippen LogP contribution in [-0.2, 0) is 4.43 Å². The maximum absolute atomic E-state index is 5.79. The van der Waals surface area contributed by atoms with Crippen molar-refractivity contribution in [3.8, 4) is 0 Å². The van der Waals surface area contributed by atoms with Gasteiger partial charge in [0, 0.05) is 18.4 Å². The van der Waals surface area contributed by atoms with E-state index in [-0.39, 0.29) is 11.3 Å². The van der Waals surface area contributed by atoms with E-state index in [1.807, 2.05) is 6.92 Å². The molecule has 0 bridgehead atoms. The molecule has 0 aliphatic rings. The third kappa shape index (κ3) is 2.79. The van der Waals surface area contributed by atoms with Gasteiger partial charge in [-0.1, -0.05) is 13.8 Å². The molecule has 10 heavy (non-hydrogen) atoms. The lowest BCUT2D eigenvalue weighted by Crippen LogP contribution is -2.51. The molecule has 0 amide bonds. The first-order chi connectivity index (χ1) is 4.63. The fourth-order valence-corrected chi connectivity index (χ4v) is 3.03. The summed E-state index contributed by atoms with van der Waals surface area (Å²) in [5.74, 6) is 0. The van der Waals surface area contributed by atoms with Crippen LogP contribution >= 0.6 is 0 Å². The highest BCUT2D eigenvalue weighted by Crippen LogP contribution is 1.98. The Morgan fingerprint density at radius 1 is 1.50 bits per heavy atom. The van der Waals surface area contributed by atoms with Crippen molar-refractivity contribution in [1.82, 2.24) is 0 Å². The van der Waals surface area contributed by atoms with E-state index >= 15 is 0 Å². The van der Waals surface area contributed by atoms with Gasteiger partial charge in [0.1, 0.15) is 0 Å². The molecule has 4 N–H and O–H groups in total. The molecule has 0 aromatic carbocycles. The first-order valence-corrected chi connectivity index (χ1v) is 5.47. The molecule has 3 atom stereocenters. The number of nitrogens with two attached hydrogens (primary N) is 2. The van der Waals surface area contributed by atoms with E-state index in [9.17, 15) is 0 Å². The van der Waals surface area contributed by atoms with E-state index in [0.717, 1.165) is 6.42 Å². The van der Waals surface area contributed by atoms with Gasteiger partial charge in [0.05, 0.1) is 0 Å². The van der Waals surface area contributed by atoms with Gasteiger partial charge in [-0.3, -0.25) is 0 Å². The van der Waals surface area contributed by atoms with Gasteiger partial charge in [0.25, 0.3) is 0 Å². The summed E-state index contributed by atoms with van der Waals surface area (Å²) >= 11 is 0. The summed E-state index contributed by atoms with van der Waals surface area (Å²) in [4.78, 5) is 0. The van der Waals surface area contributed by atoms with Crippen LogP contribution in [0.5, 0.6) is 0 Å². The van der Waals surface area contributed by atoms with Crippen LogP contribution in [0.25, 0.3) is 0 Å². The quantitative estimate of drug-likeness (QED) is 0.549. The van der Waals surface area contributed by atoms with Crippen molar-refractivity contribution in [3.05, 3.63) is 0 Å². The molecule has 0 saturated carbocycles. The molecule has 0 spiro atoms. The molecular weight excluding hydrogens is 144 g/mol. The molecule has 0 saturated heterocycles. The van der Waals surface area contributed by atoms with Crippen molar-refractivity contribution in [2.45, 2.75) is 31.6 Å². The van der Waals surface area contributed by atoms with Crippen LogP contribution in [0, 0.1) is 0 Å². The van der Waals surface area contributed by atoms with Gasteiger partial charge in [-0.25, -0.2) is 0 Å². The largest absolute Gasteiger partial charge is 0.420 e. The minimum atomic E-state index is -1.32. The lowest BCUT2D eigenvalue weighted by Gasteiger charge is -2.22. The second-order valence-corrected chi connectivity index (χ2v) is 5.94. The maximum Gasteiger partial charge on any atom is 0.208 e. The van der Waals surface area contributed by atoms with Gasteiger partial charge in [0.15, 0.2) is 0 Å². The van der Waals surface area contributed by atoms with Gasteiger partial charge in [0.2, 0.25) is 9.04 Å². The van der Waals surface area contributed by atoms with E-state index < -0.39 is 9.04 Å². The Morgan fingerprint density at radius 3 is 2.10 bits per heavy atom. The van der Waals surface area contributed by atoms with Crippen molar-refractivity contribution < 1.29 is 4.43 Å². The summed E-state index contributed by atoms with van der Waals surface area (Å²) < 4.78 is 5.25. The maximum atomic E-state index is 5.79. The SMILES string of the molecule is CCC(N)[SiH](OC)C(C)N. The molecule has 0 aliphatic carbocycles. The second kappa shape index (κ2) is 4.84. The summed E-state index contributed by atoms with van der Waals surface area (Å²) in [6, 6.07) is 0. The van der Waals surface area contributed by atoms with Crippen molar-refractivity contribution in [2.75, 3.05) is 7.11 Å². The standard InChI is InChI=1S/C6H18N2OSi/c1-4-6(8)10(9-3)5(2)7/h5-6,10H,4,7-8H2,1-3H3. The van der Waals surface area contributed by atoms with Gasteiger partial charge >= 0.3 is 0 Å². The van der Waals surface area contributed by atoms with Crippen LogP contribution < -0.4 is 11.5 Å². The van der Waals surface area contributed by atoms with Crippen molar-refractivity contribution in [1.29, 1.82) is 0 Å². The van der Waals surface area contributed by atoms with Crippen molar-refractivity contribution >= 4 is 9.04 Å². The highest BCUT2D eigenvalue weighted by atomic mass is 28.3. The predicted octanol–water partition coefficient (Wildman–Crippen LogP) is -0.480. The van der Waals surface area contributed by atoms with E-state index in [1.54, 1.807) is 7.11 Å². The average Bonchev–Trinajstić information content (AvgIpc) is 1.88. The van der Waals surface area contributed by atoms with Crippen LogP contribution in [0.15, 0.2) is 0 Å². The summed E-state index contributed by atoms with van der Waals surface area (Å²) in [7, 11) is 0.379. The van der Waals surface area contributed by atoms with Gasteiger partial charge in [-0.05, 0) is 6.42 Å². The van der Waals surface area contributed by atoms with Crippen molar-refractivity contribution in [3.63, 3.8) is 0 Å². The van der Waals surface area contributed by atoms with Gasteiger partial charge < -0.3 is 15.9 Å². The molecule has 3 nitrogen and oxygen atoms in total. The molecule has 0 heterocycles. The van der Waals surface area contributed by atoms with Gasteiger partial charge in [-0.15, -0.1) is 0 Å². The number of hydrogen-bond donors (Lipinski definition) is 2. The van der Waals surface area contributed by atoms with E-state index in [4.69, 9.17) is 15.9 Å². The zero-order chi connectivity index (χ0) is 8.15. The Bertz CT molecular complexity index is 89.8. The Morgan fingerprint density at radius 2 is 2.00 bits per heavy atom. The molecule has 0 rings (SSSR count). The minimum absolute atomic E-state index is 0.153. The lowest BCUT2D eigenvalue weighted by atomic mass is 10.5. The predicted molar refractivity (Wildman–Crippen MR) is 46.1 cm³/mol. The fraction of sp³-hybridized carbons (Fsp3) is 1.00. The molecule has 0 radical (unpaired) electrons. The monoisotopic (exact) mass is 162 g/mol. The topological polar surface area (TPSA) is 61.3 Å². The Labute approximate surface area is 64.5 Å². The third-order valence-corrected chi connectivity index (χ3v) is 4.58. The Kier molecular flexibility index (Phi) is 4.89. The summed E-state index contributed by atoms with van der Waals surface area (Å²) in [6.07, 6.45) is 0.965. The molecule has 62 valence electrons. The van der Waals surface area contributed by atoms with E-state index in [0.29, 0.717) is 0 Å². The average molecular weight is 162 g/mol. The first kappa shape index (κ1) is 10.1. The minimum Gasteiger partial charge on any atom is -0.420 e. The highest BCUT2D eigenvalue weighted by Gasteiger charge is 2.21. The molecular formula is C6H18N2OSi. The molecule has 0 aromatic heterocycles. The van der Waals surface area contributed by atoms with Crippen LogP contribution in [-0.4, -0.2) is 27.5 Å².